The molecule has 1 N–H and O–H groups in total. The fraction of sp³-hybridized carbons (Fsp3) is 0.333. The van der Waals surface area contributed by atoms with E-state index in [2.05, 4.69) is 10.1 Å². The molecule has 1 aromatic carbocycles. The van der Waals surface area contributed by atoms with Crippen LogP contribution in [0.5, 0.6) is 0 Å². The molecule has 0 saturated carbocycles. The van der Waals surface area contributed by atoms with Gasteiger partial charge in [-0.15, -0.1) is 0 Å². The van der Waals surface area contributed by atoms with E-state index in [0.29, 0.717) is 33.4 Å². The van der Waals surface area contributed by atoms with Crippen LogP contribution in [0.25, 0.3) is 0 Å². The second-order valence-electron chi connectivity index (χ2n) is 5.74. The number of nitrogens with zero attached hydrogens (tertiary/aromatic N) is 2. The molecule has 1 aromatic heterocycles. The zero-order valence-corrected chi connectivity index (χ0v) is 15.1. The van der Waals surface area contributed by atoms with Crippen molar-refractivity contribution in [3.8, 4) is 0 Å². The van der Waals surface area contributed by atoms with Gasteiger partial charge in [0.1, 0.15) is 0 Å². The average Bonchev–Trinajstić information content (AvgIpc) is 3.00. The molecule has 1 saturated heterocycles. The molecule has 0 aliphatic carbocycles. The van der Waals surface area contributed by atoms with Crippen LogP contribution in [0.1, 0.15) is 23.7 Å². The summed E-state index contributed by atoms with van der Waals surface area (Å²) in [5.74, 6) is 0.0767. The van der Waals surface area contributed by atoms with Gasteiger partial charge in [0.2, 0.25) is 0 Å². The summed E-state index contributed by atoms with van der Waals surface area (Å²) in [5.41, 5.74) is 1.15. The fourth-order valence-corrected chi connectivity index (χ4v) is 4.72. The Hall–Kier alpha value is -1.57. The molecule has 1 aliphatic rings. The lowest BCUT2D eigenvalue weighted by Crippen LogP contribution is -2.25. The van der Waals surface area contributed by atoms with Crippen LogP contribution in [0, 0.1) is 6.92 Å². The Bertz CT molecular complexity index is 976. The highest BCUT2D eigenvalue weighted by molar-refractivity contribution is 7.91. The predicted molar refractivity (Wildman–Crippen MR) is 95.8 cm³/mol. The molecule has 6 nitrogen and oxygen atoms in total. The van der Waals surface area contributed by atoms with E-state index in [1.807, 2.05) is 0 Å². The van der Waals surface area contributed by atoms with E-state index < -0.39 is 9.84 Å². The minimum absolute atomic E-state index is 0.0242. The first-order chi connectivity index (χ1) is 11.3. The number of aryl methyl sites for hydroxylation is 1. The Morgan fingerprint density at radius 3 is 2.79 bits per heavy atom. The SMILES string of the molecule is Cc1[nH]n([C@@H]2CCS(=O)(=O)C2)c(=O)c1C=Nc1cc(Cl)ccc1Cl. The van der Waals surface area contributed by atoms with E-state index in [0.717, 1.165) is 0 Å². The second kappa shape index (κ2) is 6.38. The molecule has 0 unspecified atom stereocenters. The Morgan fingerprint density at radius 1 is 1.38 bits per heavy atom. The minimum atomic E-state index is -3.08. The monoisotopic (exact) mass is 387 g/mol. The molecule has 2 aromatic rings. The summed E-state index contributed by atoms with van der Waals surface area (Å²) in [6.07, 6.45) is 1.85. The molecule has 1 aliphatic heterocycles. The number of rotatable bonds is 3. The van der Waals surface area contributed by atoms with Gasteiger partial charge in [-0.05, 0) is 31.5 Å². The Kier molecular flexibility index (Phi) is 4.59. The molecule has 0 radical (unpaired) electrons. The van der Waals surface area contributed by atoms with E-state index in [1.165, 1.54) is 10.9 Å². The summed E-state index contributed by atoms with van der Waals surface area (Å²) in [5, 5.41) is 3.86. The van der Waals surface area contributed by atoms with Crippen LogP contribution in [0.3, 0.4) is 0 Å². The van der Waals surface area contributed by atoms with E-state index in [9.17, 15) is 13.2 Å². The molecular formula is C15H15Cl2N3O3S. The summed E-state index contributed by atoms with van der Waals surface area (Å²) >= 11 is 12.0. The second-order valence-corrected chi connectivity index (χ2v) is 8.81. The molecular weight excluding hydrogens is 373 g/mol. The van der Waals surface area contributed by atoms with Crippen LogP contribution in [0.15, 0.2) is 28.0 Å². The van der Waals surface area contributed by atoms with Gasteiger partial charge in [-0.3, -0.25) is 14.9 Å². The van der Waals surface area contributed by atoms with Crippen molar-refractivity contribution in [2.45, 2.75) is 19.4 Å². The van der Waals surface area contributed by atoms with E-state index in [4.69, 9.17) is 23.2 Å². The van der Waals surface area contributed by atoms with Crippen molar-refractivity contribution in [1.29, 1.82) is 0 Å². The maximum Gasteiger partial charge on any atom is 0.275 e. The zero-order chi connectivity index (χ0) is 17.5. The lowest BCUT2D eigenvalue weighted by molar-refractivity contribution is 0.483. The van der Waals surface area contributed by atoms with E-state index in [-0.39, 0.29) is 23.1 Å². The minimum Gasteiger partial charge on any atom is -0.299 e. The first-order valence-electron chi connectivity index (χ1n) is 7.27. The molecule has 3 rings (SSSR count). The highest BCUT2D eigenvalue weighted by Crippen LogP contribution is 2.28. The van der Waals surface area contributed by atoms with Crippen molar-refractivity contribution < 1.29 is 8.42 Å². The van der Waals surface area contributed by atoms with Gasteiger partial charge >= 0.3 is 0 Å². The molecule has 1 atom stereocenters. The van der Waals surface area contributed by atoms with Gasteiger partial charge in [0.05, 0.1) is 33.8 Å². The quantitative estimate of drug-likeness (QED) is 0.821. The van der Waals surface area contributed by atoms with Gasteiger partial charge in [-0.1, -0.05) is 23.2 Å². The summed E-state index contributed by atoms with van der Waals surface area (Å²) in [7, 11) is -3.08. The molecule has 1 fully saturated rings. The lowest BCUT2D eigenvalue weighted by Gasteiger charge is -2.07. The number of benzene rings is 1. The Morgan fingerprint density at radius 2 is 2.12 bits per heavy atom. The van der Waals surface area contributed by atoms with Crippen LogP contribution in [0.4, 0.5) is 5.69 Å². The van der Waals surface area contributed by atoms with Crippen molar-refractivity contribution in [3.05, 3.63) is 49.9 Å². The van der Waals surface area contributed by atoms with Gasteiger partial charge in [0.15, 0.2) is 9.84 Å². The number of nitrogens with one attached hydrogen (secondary N) is 1. The third-order valence-electron chi connectivity index (χ3n) is 3.96. The number of hydrogen-bond acceptors (Lipinski definition) is 4. The molecule has 2 heterocycles. The molecule has 0 spiro atoms. The molecule has 9 heteroatoms. The Balaban J connectivity index is 1.94. The van der Waals surface area contributed by atoms with Crippen molar-refractivity contribution in [3.63, 3.8) is 0 Å². The largest absolute Gasteiger partial charge is 0.299 e. The number of H-pyrrole nitrogens is 1. The lowest BCUT2D eigenvalue weighted by atomic mass is 10.2. The van der Waals surface area contributed by atoms with Crippen LogP contribution in [-0.2, 0) is 9.84 Å². The highest BCUT2D eigenvalue weighted by atomic mass is 35.5. The van der Waals surface area contributed by atoms with Crippen molar-refractivity contribution in [1.82, 2.24) is 9.78 Å². The molecule has 24 heavy (non-hydrogen) atoms. The topological polar surface area (TPSA) is 84.3 Å². The Labute approximate surface area is 149 Å². The van der Waals surface area contributed by atoms with Crippen molar-refractivity contribution in [2.75, 3.05) is 11.5 Å². The maximum absolute atomic E-state index is 12.5. The van der Waals surface area contributed by atoms with Crippen LogP contribution in [0.2, 0.25) is 10.0 Å². The summed E-state index contributed by atoms with van der Waals surface area (Å²) in [4.78, 5) is 16.8. The van der Waals surface area contributed by atoms with Gasteiger partial charge in [0, 0.05) is 16.9 Å². The predicted octanol–water partition coefficient (Wildman–Crippen LogP) is 2.90. The number of hydrogen-bond donors (Lipinski definition) is 1. The number of halogens is 2. The normalized spacial score (nSPS) is 20.0. The standard InChI is InChI=1S/C15H15Cl2N3O3S/c1-9-12(7-18-14-6-10(16)2-3-13(14)17)15(21)20(19-9)11-4-5-24(22,23)8-11/h2-3,6-7,11,19H,4-5,8H2,1H3/t11-/m1/s1. The maximum atomic E-state index is 12.5. The van der Waals surface area contributed by atoms with Gasteiger partial charge in [0.25, 0.3) is 5.56 Å². The number of aromatic nitrogens is 2. The smallest absolute Gasteiger partial charge is 0.275 e. The van der Waals surface area contributed by atoms with Gasteiger partial charge in [-0.25, -0.2) is 13.1 Å². The van der Waals surface area contributed by atoms with Crippen molar-refractivity contribution in [2.24, 2.45) is 4.99 Å². The summed E-state index contributed by atoms with van der Waals surface area (Å²) in [6.45, 7) is 1.74. The first kappa shape index (κ1) is 17.3. The summed E-state index contributed by atoms with van der Waals surface area (Å²) in [6, 6.07) is 4.52. The summed E-state index contributed by atoms with van der Waals surface area (Å²) < 4.78 is 24.6. The van der Waals surface area contributed by atoms with Gasteiger partial charge < -0.3 is 0 Å². The van der Waals surface area contributed by atoms with E-state index in [1.54, 1.807) is 25.1 Å². The molecule has 0 amide bonds. The molecule has 0 bridgehead atoms. The van der Waals surface area contributed by atoms with Crippen LogP contribution < -0.4 is 5.56 Å². The average molecular weight is 388 g/mol. The third-order valence-corrected chi connectivity index (χ3v) is 6.26. The van der Waals surface area contributed by atoms with Crippen molar-refractivity contribution >= 4 is 44.9 Å². The number of aromatic amines is 1. The van der Waals surface area contributed by atoms with Crippen LogP contribution >= 0.6 is 23.2 Å². The van der Waals surface area contributed by atoms with Gasteiger partial charge in [-0.2, -0.15) is 0 Å². The highest BCUT2D eigenvalue weighted by Gasteiger charge is 2.31. The number of sulfone groups is 1. The first-order valence-corrected chi connectivity index (χ1v) is 9.85. The van der Waals surface area contributed by atoms with Crippen LogP contribution in [-0.4, -0.2) is 35.9 Å². The third kappa shape index (κ3) is 3.43. The zero-order valence-electron chi connectivity index (χ0n) is 12.8. The van der Waals surface area contributed by atoms with E-state index >= 15 is 0 Å². The number of aliphatic imine (C=N–C) groups is 1. The fourth-order valence-electron chi connectivity index (χ4n) is 2.69. The molecule has 128 valence electrons.